The van der Waals surface area contributed by atoms with Gasteiger partial charge >= 0.3 is 0 Å². The summed E-state index contributed by atoms with van der Waals surface area (Å²) in [6, 6.07) is 4.44. The SMILES string of the molecule is CC1SCCN(S(=O)(=O)c2ccc(C(N)=S)c(Cl)c2)C1C. The van der Waals surface area contributed by atoms with Gasteiger partial charge in [-0.15, -0.1) is 0 Å². The summed E-state index contributed by atoms with van der Waals surface area (Å²) in [7, 11) is -3.56. The van der Waals surface area contributed by atoms with Crippen LogP contribution >= 0.6 is 35.6 Å². The van der Waals surface area contributed by atoms with E-state index in [9.17, 15) is 8.42 Å². The summed E-state index contributed by atoms with van der Waals surface area (Å²) in [6.45, 7) is 4.48. The number of hydrogen-bond donors (Lipinski definition) is 1. The Hall–Kier alpha value is -0.340. The number of thioether (sulfide) groups is 1. The van der Waals surface area contributed by atoms with E-state index < -0.39 is 10.0 Å². The second kappa shape index (κ2) is 6.42. The third-order valence-corrected chi connectivity index (χ3v) is 7.49. The van der Waals surface area contributed by atoms with E-state index in [2.05, 4.69) is 0 Å². The molecular formula is C13H17ClN2O2S3. The van der Waals surface area contributed by atoms with Gasteiger partial charge < -0.3 is 5.73 Å². The molecule has 0 bridgehead atoms. The molecule has 4 nitrogen and oxygen atoms in total. The zero-order valence-electron chi connectivity index (χ0n) is 11.7. The fourth-order valence-electron chi connectivity index (χ4n) is 2.24. The summed E-state index contributed by atoms with van der Waals surface area (Å²) in [5, 5.41) is 0.524. The minimum absolute atomic E-state index is 0.0530. The second-order valence-electron chi connectivity index (χ2n) is 4.94. The Morgan fingerprint density at radius 3 is 2.71 bits per heavy atom. The van der Waals surface area contributed by atoms with Gasteiger partial charge in [0.1, 0.15) is 4.99 Å². The summed E-state index contributed by atoms with van der Waals surface area (Å²) in [4.78, 5) is 0.332. The molecular weight excluding hydrogens is 348 g/mol. The van der Waals surface area contributed by atoms with Gasteiger partial charge in [0, 0.05) is 29.2 Å². The molecule has 1 aromatic carbocycles. The van der Waals surface area contributed by atoms with E-state index in [-0.39, 0.29) is 26.2 Å². The highest BCUT2D eigenvalue weighted by atomic mass is 35.5. The third kappa shape index (κ3) is 3.37. The van der Waals surface area contributed by atoms with Crippen LogP contribution in [0.25, 0.3) is 0 Å². The number of benzene rings is 1. The number of rotatable bonds is 3. The van der Waals surface area contributed by atoms with Crippen molar-refractivity contribution in [3.05, 3.63) is 28.8 Å². The fourth-order valence-corrected chi connectivity index (χ4v) is 5.84. The number of thiocarbonyl (C=S) groups is 1. The normalized spacial score (nSPS) is 24.0. The van der Waals surface area contributed by atoms with Gasteiger partial charge in [0.2, 0.25) is 10.0 Å². The molecule has 0 saturated carbocycles. The van der Waals surface area contributed by atoms with Gasteiger partial charge in [-0.05, 0) is 25.1 Å². The minimum Gasteiger partial charge on any atom is -0.389 e. The smallest absolute Gasteiger partial charge is 0.243 e. The van der Waals surface area contributed by atoms with Crippen molar-refractivity contribution in [1.82, 2.24) is 4.31 Å². The molecule has 1 heterocycles. The first-order valence-corrected chi connectivity index (χ1v) is 9.75. The van der Waals surface area contributed by atoms with Crippen molar-refractivity contribution in [2.45, 2.75) is 30.0 Å². The largest absolute Gasteiger partial charge is 0.389 e. The van der Waals surface area contributed by atoms with Crippen LogP contribution in [0.5, 0.6) is 0 Å². The highest BCUT2D eigenvalue weighted by Gasteiger charge is 2.35. The minimum atomic E-state index is -3.56. The Kier molecular flexibility index (Phi) is 5.20. The monoisotopic (exact) mass is 364 g/mol. The highest BCUT2D eigenvalue weighted by molar-refractivity contribution is 8.00. The molecule has 0 aromatic heterocycles. The molecule has 116 valence electrons. The maximum absolute atomic E-state index is 12.8. The van der Waals surface area contributed by atoms with E-state index in [4.69, 9.17) is 29.6 Å². The van der Waals surface area contributed by atoms with Crippen LogP contribution in [-0.4, -0.2) is 41.3 Å². The quantitative estimate of drug-likeness (QED) is 0.835. The second-order valence-corrected chi connectivity index (χ2v) is 9.16. The Labute approximate surface area is 140 Å². The highest BCUT2D eigenvalue weighted by Crippen LogP contribution is 2.30. The van der Waals surface area contributed by atoms with Crippen molar-refractivity contribution in [3.8, 4) is 0 Å². The molecule has 8 heteroatoms. The lowest BCUT2D eigenvalue weighted by Crippen LogP contribution is -2.47. The molecule has 0 amide bonds. The zero-order chi connectivity index (χ0) is 15.8. The summed E-state index contributed by atoms with van der Waals surface area (Å²) in [5.41, 5.74) is 6.03. The van der Waals surface area contributed by atoms with Gasteiger partial charge in [-0.25, -0.2) is 8.42 Å². The molecule has 1 aromatic rings. The lowest BCUT2D eigenvalue weighted by Gasteiger charge is -2.36. The number of nitrogens with two attached hydrogens (primary N) is 1. The zero-order valence-corrected chi connectivity index (χ0v) is 15.0. The predicted molar refractivity (Wildman–Crippen MR) is 92.6 cm³/mol. The standard InChI is InChI=1S/C13H17ClN2O2S3/c1-8-9(2)20-6-5-16(8)21(17,18)10-3-4-11(13(15)19)12(14)7-10/h3-4,7-9H,5-6H2,1-2H3,(H2,15,19). The van der Waals surface area contributed by atoms with E-state index >= 15 is 0 Å². The Bertz CT molecular complexity index is 663. The van der Waals surface area contributed by atoms with Crippen LogP contribution in [0, 0.1) is 0 Å². The van der Waals surface area contributed by atoms with Gasteiger partial charge in [0.05, 0.1) is 9.92 Å². The van der Waals surface area contributed by atoms with Crippen LogP contribution in [0.4, 0.5) is 0 Å². The number of sulfonamides is 1. The van der Waals surface area contributed by atoms with Gasteiger partial charge in [-0.3, -0.25) is 0 Å². The predicted octanol–water partition coefficient (Wildman–Crippen LogP) is 2.49. The van der Waals surface area contributed by atoms with Crippen LogP contribution in [0.2, 0.25) is 5.02 Å². The average molecular weight is 365 g/mol. The lowest BCUT2D eigenvalue weighted by atomic mass is 10.2. The Balaban J connectivity index is 2.40. The van der Waals surface area contributed by atoms with Crippen molar-refractivity contribution in [2.24, 2.45) is 5.73 Å². The van der Waals surface area contributed by atoms with Gasteiger partial charge in [0.15, 0.2) is 0 Å². The summed E-state index contributed by atoms with van der Waals surface area (Å²) >= 11 is 12.7. The van der Waals surface area contributed by atoms with Crippen LogP contribution in [0.15, 0.2) is 23.1 Å². The molecule has 2 N–H and O–H groups in total. The molecule has 21 heavy (non-hydrogen) atoms. The van der Waals surface area contributed by atoms with Crippen molar-refractivity contribution in [2.75, 3.05) is 12.3 Å². The molecule has 1 fully saturated rings. The summed E-state index contributed by atoms with van der Waals surface area (Å²) in [5.74, 6) is 0.795. The molecule has 2 atom stereocenters. The molecule has 0 radical (unpaired) electrons. The van der Waals surface area contributed by atoms with Crippen LogP contribution in [0.3, 0.4) is 0 Å². The number of nitrogens with zero attached hydrogens (tertiary/aromatic N) is 1. The van der Waals surface area contributed by atoms with Crippen molar-refractivity contribution in [1.29, 1.82) is 0 Å². The van der Waals surface area contributed by atoms with E-state index in [1.54, 1.807) is 22.1 Å². The van der Waals surface area contributed by atoms with E-state index in [0.29, 0.717) is 12.1 Å². The van der Waals surface area contributed by atoms with Gasteiger partial charge in [0.25, 0.3) is 0 Å². The van der Waals surface area contributed by atoms with Gasteiger partial charge in [-0.1, -0.05) is 30.7 Å². The lowest BCUT2D eigenvalue weighted by molar-refractivity contribution is 0.340. The van der Waals surface area contributed by atoms with Crippen LogP contribution in [-0.2, 0) is 10.0 Å². The first kappa shape index (κ1) is 17.0. The molecule has 1 aliphatic rings. The molecule has 2 unspecified atom stereocenters. The molecule has 1 saturated heterocycles. The molecule has 0 spiro atoms. The molecule has 0 aliphatic carbocycles. The Morgan fingerprint density at radius 1 is 1.48 bits per heavy atom. The van der Waals surface area contributed by atoms with Crippen molar-refractivity contribution in [3.63, 3.8) is 0 Å². The van der Waals surface area contributed by atoms with E-state index in [1.165, 1.54) is 12.1 Å². The van der Waals surface area contributed by atoms with Crippen LogP contribution < -0.4 is 5.73 Å². The molecule has 1 aliphatic heterocycles. The van der Waals surface area contributed by atoms with Gasteiger partial charge in [-0.2, -0.15) is 16.1 Å². The summed E-state index contributed by atoms with van der Waals surface area (Å²) in [6.07, 6.45) is 0. The van der Waals surface area contributed by atoms with Crippen molar-refractivity contribution >= 4 is 50.6 Å². The summed E-state index contributed by atoms with van der Waals surface area (Å²) < 4.78 is 27.1. The third-order valence-electron chi connectivity index (χ3n) is 3.64. The molecule has 2 rings (SSSR count). The maximum atomic E-state index is 12.8. The van der Waals surface area contributed by atoms with Crippen molar-refractivity contribution < 1.29 is 8.42 Å². The first-order chi connectivity index (χ1) is 9.75. The fraction of sp³-hybridized carbons (Fsp3) is 0.462. The number of hydrogen-bond acceptors (Lipinski definition) is 4. The maximum Gasteiger partial charge on any atom is 0.243 e. The topological polar surface area (TPSA) is 63.4 Å². The number of halogens is 1. The van der Waals surface area contributed by atoms with E-state index in [0.717, 1.165) is 5.75 Å². The Morgan fingerprint density at radius 2 is 2.14 bits per heavy atom. The average Bonchev–Trinajstić information content (AvgIpc) is 2.41. The van der Waals surface area contributed by atoms with Crippen LogP contribution in [0.1, 0.15) is 19.4 Å². The first-order valence-electron chi connectivity index (χ1n) is 6.48. The van der Waals surface area contributed by atoms with E-state index in [1.807, 2.05) is 13.8 Å².